The van der Waals surface area contributed by atoms with Gasteiger partial charge in [0.1, 0.15) is 16.3 Å². The molecule has 0 unspecified atom stereocenters. The van der Waals surface area contributed by atoms with Gasteiger partial charge in [-0.3, -0.25) is 4.79 Å². The van der Waals surface area contributed by atoms with E-state index in [1.165, 1.54) is 4.31 Å². The summed E-state index contributed by atoms with van der Waals surface area (Å²) >= 11 is 0. The first-order chi connectivity index (χ1) is 13.8. The third-order valence-corrected chi connectivity index (χ3v) is 7.41. The van der Waals surface area contributed by atoms with E-state index in [-0.39, 0.29) is 16.7 Å². The molecule has 1 N–H and O–H groups in total. The quantitative estimate of drug-likeness (QED) is 0.734. The Morgan fingerprint density at radius 3 is 2.45 bits per heavy atom. The molecule has 2 heterocycles. The number of hydrogen-bond donors (Lipinski definition) is 1. The molecule has 0 aliphatic carbocycles. The van der Waals surface area contributed by atoms with Crippen molar-refractivity contribution in [2.45, 2.75) is 38.0 Å². The van der Waals surface area contributed by atoms with Crippen LogP contribution in [0.1, 0.15) is 29.9 Å². The number of nitrogens with one attached hydrogen (secondary N) is 1. The van der Waals surface area contributed by atoms with Gasteiger partial charge >= 0.3 is 0 Å². The van der Waals surface area contributed by atoms with E-state index in [2.05, 4.69) is 10.5 Å². The van der Waals surface area contributed by atoms with Crippen LogP contribution in [0.3, 0.4) is 0 Å². The van der Waals surface area contributed by atoms with Gasteiger partial charge < -0.3 is 14.6 Å². The summed E-state index contributed by atoms with van der Waals surface area (Å²) in [6.45, 7) is 4.37. The normalized spacial score (nSPS) is 16.0. The Bertz CT molecular complexity index is 925. The SMILES string of the molecule is COc1ccc(CCNC(=O)C2CCN(S(=O)(=O)c3c(C)noc3C)CC2)cc1. The Labute approximate surface area is 171 Å². The number of piperidine rings is 1. The molecule has 29 heavy (non-hydrogen) atoms. The molecule has 1 aliphatic heterocycles. The summed E-state index contributed by atoms with van der Waals surface area (Å²) in [5, 5.41) is 6.70. The number of hydrogen-bond acceptors (Lipinski definition) is 6. The van der Waals surface area contributed by atoms with E-state index in [0.29, 0.717) is 43.9 Å². The maximum Gasteiger partial charge on any atom is 0.248 e. The molecular weight excluding hydrogens is 394 g/mol. The van der Waals surface area contributed by atoms with Gasteiger partial charge in [0.25, 0.3) is 0 Å². The fraction of sp³-hybridized carbons (Fsp3) is 0.500. The molecule has 9 heteroatoms. The second kappa shape index (κ2) is 8.96. The highest BCUT2D eigenvalue weighted by atomic mass is 32.2. The molecule has 1 aromatic heterocycles. The lowest BCUT2D eigenvalue weighted by Gasteiger charge is -2.30. The average Bonchev–Trinajstić information content (AvgIpc) is 3.07. The summed E-state index contributed by atoms with van der Waals surface area (Å²) in [5.74, 6) is 0.895. The third-order valence-electron chi connectivity index (χ3n) is 5.26. The summed E-state index contributed by atoms with van der Waals surface area (Å²) in [5.41, 5.74) is 1.48. The minimum absolute atomic E-state index is 0.0205. The Morgan fingerprint density at radius 2 is 1.90 bits per heavy atom. The highest BCUT2D eigenvalue weighted by Gasteiger charge is 2.35. The number of benzene rings is 1. The van der Waals surface area contributed by atoms with Crippen molar-refractivity contribution < 1.29 is 22.5 Å². The number of carbonyl (C=O) groups excluding carboxylic acids is 1. The smallest absolute Gasteiger partial charge is 0.248 e. The number of carbonyl (C=O) groups is 1. The first-order valence-electron chi connectivity index (χ1n) is 9.66. The van der Waals surface area contributed by atoms with E-state index in [4.69, 9.17) is 9.26 Å². The standard InChI is InChI=1S/C20H27N3O5S/c1-14-19(15(2)28-22-14)29(25,26)23-12-9-17(10-13-23)20(24)21-11-8-16-4-6-18(27-3)7-5-16/h4-7,17H,8-13H2,1-3H3,(H,21,24). The molecule has 0 saturated carbocycles. The zero-order chi connectivity index (χ0) is 21.0. The minimum atomic E-state index is -3.65. The zero-order valence-electron chi connectivity index (χ0n) is 17.0. The van der Waals surface area contributed by atoms with E-state index >= 15 is 0 Å². The van der Waals surface area contributed by atoms with Crippen molar-refractivity contribution in [3.63, 3.8) is 0 Å². The van der Waals surface area contributed by atoms with Crippen LogP contribution in [0.4, 0.5) is 0 Å². The number of amides is 1. The van der Waals surface area contributed by atoms with Crippen molar-refractivity contribution >= 4 is 15.9 Å². The fourth-order valence-corrected chi connectivity index (χ4v) is 5.36. The molecule has 0 atom stereocenters. The van der Waals surface area contributed by atoms with Crippen LogP contribution >= 0.6 is 0 Å². The number of rotatable bonds is 7. The molecule has 0 spiro atoms. The zero-order valence-corrected chi connectivity index (χ0v) is 17.8. The van der Waals surface area contributed by atoms with E-state index in [1.54, 1.807) is 21.0 Å². The maximum absolute atomic E-state index is 12.9. The van der Waals surface area contributed by atoms with Gasteiger partial charge in [0.05, 0.1) is 7.11 Å². The molecule has 0 radical (unpaired) electrons. The molecule has 8 nitrogen and oxygen atoms in total. The van der Waals surface area contributed by atoms with Crippen LogP contribution in [0, 0.1) is 19.8 Å². The molecule has 0 bridgehead atoms. The lowest BCUT2D eigenvalue weighted by atomic mass is 9.97. The van der Waals surface area contributed by atoms with Crippen LogP contribution in [0.2, 0.25) is 0 Å². The number of aryl methyl sites for hydroxylation is 2. The summed E-state index contributed by atoms with van der Waals surface area (Å²) in [6.07, 6.45) is 1.73. The van der Waals surface area contributed by atoms with E-state index in [1.807, 2.05) is 24.3 Å². The molecule has 3 rings (SSSR count). The van der Waals surface area contributed by atoms with Gasteiger partial charge in [-0.2, -0.15) is 4.31 Å². The van der Waals surface area contributed by atoms with Crippen LogP contribution < -0.4 is 10.1 Å². The number of sulfonamides is 1. The van der Waals surface area contributed by atoms with Crippen LogP contribution in [-0.2, 0) is 21.2 Å². The predicted octanol–water partition coefficient (Wildman–Crippen LogP) is 2.06. The molecule has 158 valence electrons. The number of aromatic nitrogens is 1. The van der Waals surface area contributed by atoms with Gasteiger partial charge in [-0.15, -0.1) is 0 Å². The van der Waals surface area contributed by atoms with Gasteiger partial charge in [0.2, 0.25) is 15.9 Å². The second-order valence-electron chi connectivity index (χ2n) is 7.22. The number of methoxy groups -OCH3 is 1. The van der Waals surface area contributed by atoms with Crippen molar-refractivity contribution in [1.82, 2.24) is 14.8 Å². The molecule has 1 aliphatic rings. The van der Waals surface area contributed by atoms with Crippen molar-refractivity contribution in [3.05, 3.63) is 41.3 Å². The highest BCUT2D eigenvalue weighted by Crippen LogP contribution is 2.27. The van der Waals surface area contributed by atoms with Gasteiger partial charge in [0, 0.05) is 25.6 Å². The topological polar surface area (TPSA) is 102 Å². The fourth-order valence-electron chi connectivity index (χ4n) is 3.60. The van der Waals surface area contributed by atoms with E-state index in [9.17, 15) is 13.2 Å². The first-order valence-corrected chi connectivity index (χ1v) is 11.1. The molecule has 1 amide bonds. The van der Waals surface area contributed by atoms with Gasteiger partial charge in [-0.05, 0) is 50.8 Å². The number of ether oxygens (including phenoxy) is 1. The summed E-state index contributed by atoms with van der Waals surface area (Å²) in [7, 11) is -2.03. The third kappa shape index (κ3) is 4.79. The average molecular weight is 422 g/mol. The van der Waals surface area contributed by atoms with Crippen molar-refractivity contribution in [2.75, 3.05) is 26.7 Å². The minimum Gasteiger partial charge on any atom is -0.497 e. The van der Waals surface area contributed by atoms with Crippen molar-refractivity contribution in [1.29, 1.82) is 0 Å². The van der Waals surface area contributed by atoms with Crippen LogP contribution in [0.25, 0.3) is 0 Å². The Kier molecular flexibility index (Phi) is 6.59. The van der Waals surface area contributed by atoms with Crippen molar-refractivity contribution in [3.8, 4) is 5.75 Å². The van der Waals surface area contributed by atoms with E-state index < -0.39 is 10.0 Å². The van der Waals surface area contributed by atoms with Gasteiger partial charge in [-0.25, -0.2) is 8.42 Å². The lowest BCUT2D eigenvalue weighted by molar-refractivity contribution is -0.126. The summed E-state index contributed by atoms with van der Waals surface area (Å²) in [4.78, 5) is 12.6. The summed E-state index contributed by atoms with van der Waals surface area (Å²) < 4.78 is 37.3. The molecule has 1 fully saturated rings. The molecule has 2 aromatic rings. The monoisotopic (exact) mass is 421 g/mol. The second-order valence-corrected chi connectivity index (χ2v) is 9.10. The van der Waals surface area contributed by atoms with Gasteiger partial charge in [0.15, 0.2) is 5.76 Å². The maximum atomic E-state index is 12.9. The largest absolute Gasteiger partial charge is 0.497 e. The van der Waals surface area contributed by atoms with Crippen LogP contribution in [0.5, 0.6) is 5.75 Å². The van der Waals surface area contributed by atoms with E-state index in [0.717, 1.165) is 17.7 Å². The Balaban J connectivity index is 1.49. The van der Waals surface area contributed by atoms with Gasteiger partial charge in [-0.1, -0.05) is 17.3 Å². The Morgan fingerprint density at radius 1 is 1.24 bits per heavy atom. The van der Waals surface area contributed by atoms with Crippen molar-refractivity contribution in [2.24, 2.45) is 5.92 Å². The Hall–Kier alpha value is -2.39. The highest BCUT2D eigenvalue weighted by molar-refractivity contribution is 7.89. The summed E-state index contributed by atoms with van der Waals surface area (Å²) in [6, 6.07) is 7.74. The van der Waals surface area contributed by atoms with Crippen LogP contribution in [0.15, 0.2) is 33.7 Å². The first kappa shape index (κ1) is 21.3. The van der Waals surface area contributed by atoms with Crippen LogP contribution in [-0.4, -0.2) is 50.5 Å². The molecule has 1 aromatic carbocycles. The molecule has 1 saturated heterocycles. The molecular formula is C20H27N3O5S. The number of nitrogens with zero attached hydrogens (tertiary/aromatic N) is 2. The lowest BCUT2D eigenvalue weighted by Crippen LogP contribution is -2.43. The predicted molar refractivity (Wildman–Crippen MR) is 107 cm³/mol.